The topological polar surface area (TPSA) is 63.5 Å². The van der Waals surface area contributed by atoms with Gasteiger partial charge in [0.1, 0.15) is 5.75 Å². The van der Waals surface area contributed by atoms with Crippen LogP contribution in [0.5, 0.6) is 5.75 Å². The van der Waals surface area contributed by atoms with Crippen molar-refractivity contribution in [3.8, 4) is 5.75 Å². The fourth-order valence-corrected chi connectivity index (χ4v) is 2.89. The Labute approximate surface area is 174 Å². The zero-order valence-corrected chi connectivity index (χ0v) is 16.8. The molecule has 0 aliphatic carbocycles. The van der Waals surface area contributed by atoms with E-state index in [-0.39, 0.29) is 5.75 Å². The quantitative estimate of drug-likeness (QED) is 0.414. The molecule has 0 unspecified atom stereocenters. The Hall–Kier alpha value is -3.42. The lowest BCUT2D eigenvalue weighted by Gasteiger charge is -2.14. The van der Waals surface area contributed by atoms with Crippen molar-refractivity contribution < 1.29 is 13.5 Å². The van der Waals surface area contributed by atoms with E-state index in [1.165, 1.54) is 11.6 Å². The van der Waals surface area contributed by atoms with Gasteiger partial charge < -0.3 is 19.9 Å². The number of nitrogens with one attached hydrogen (secondary N) is 2. The molecular weight excluding hydrogens is 388 g/mol. The van der Waals surface area contributed by atoms with Gasteiger partial charge in [-0.15, -0.1) is 0 Å². The average molecular weight is 413 g/mol. The average Bonchev–Trinajstić information content (AvgIpc) is 3.25. The van der Waals surface area contributed by atoms with E-state index in [0.29, 0.717) is 31.2 Å². The van der Waals surface area contributed by atoms with Crippen LogP contribution in [0.2, 0.25) is 0 Å². The molecule has 0 atom stereocenters. The van der Waals surface area contributed by atoms with Crippen molar-refractivity contribution in [2.45, 2.75) is 33.2 Å². The summed E-state index contributed by atoms with van der Waals surface area (Å²) in [6.07, 6.45) is 5.48. The molecule has 2 N–H and O–H groups in total. The molecule has 3 aromatic rings. The van der Waals surface area contributed by atoms with Crippen molar-refractivity contribution >= 4 is 5.96 Å². The molecule has 158 valence electrons. The zero-order valence-electron chi connectivity index (χ0n) is 16.8. The highest BCUT2D eigenvalue weighted by Gasteiger charge is 2.09. The highest BCUT2D eigenvalue weighted by Crippen LogP contribution is 2.19. The number of imidazole rings is 1. The number of aromatic nitrogens is 2. The van der Waals surface area contributed by atoms with Crippen LogP contribution in [0.1, 0.15) is 23.6 Å². The molecule has 6 nitrogen and oxygen atoms in total. The first-order valence-electron chi connectivity index (χ1n) is 9.72. The first-order chi connectivity index (χ1) is 14.6. The molecule has 0 radical (unpaired) electrons. The van der Waals surface area contributed by atoms with Crippen molar-refractivity contribution in [3.63, 3.8) is 0 Å². The lowest BCUT2D eigenvalue weighted by molar-refractivity contribution is -0.0504. The van der Waals surface area contributed by atoms with Crippen LogP contribution in [0.3, 0.4) is 0 Å². The highest BCUT2D eigenvalue weighted by molar-refractivity contribution is 5.79. The molecule has 0 saturated heterocycles. The largest absolute Gasteiger partial charge is 0.434 e. The summed E-state index contributed by atoms with van der Waals surface area (Å²) in [5.41, 5.74) is 2.89. The number of rotatable bonds is 9. The smallest absolute Gasteiger partial charge is 0.387 e. The van der Waals surface area contributed by atoms with E-state index < -0.39 is 6.61 Å². The van der Waals surface area contributed by atoms with Gasteiger partial charge in [0.05, 0.1) is 12.9 Å². The van der Waals surface area contributed by atoms with Gasteiger partial charge in [0, 0.05) is 37.6 Å². The van der Waals surface area contributed by atoms with E-state index in [0.717, 1.165) is 12.1 Å². The number of alkyl halides is 2. The second kappa shape index (κ2) is 10.9. The number of aliphatic imine (C=N–C) groups is 1. The Balaban J connectivity index is 1.59. The first kappa shape index (κ1) is 21.3. The monoisotopic (exact) mass is 413 g/mol. The Morgan fingerprint density at radius 1 is 1.10 bits per heavy atom. The van der Waals surface area contributed by atoms with Gasteiger partial charge in [-0.05, 0) is 24.1 Å². The molecule has 0 aliphatic heterocycles. The van der Waals surface area contributed by atoms with Gasteiger partial charge in [-0.2, -0.15) is 8.78 Å². The number of guanidine groups is 1. The molecule has 0 spiro atoms. The fraction of sp³-hybridized carbons (Fsp3) is 0.273. The van der Waals surface area contributed by atoms with E-state index in [2.05, 4.69) is 37.5 Å². The van der Waals surface area contributed by atoms with Crippen molar-refractivity contribution in [2.75, 3.05) is 6.54 Å². The maximum Gasteiger partial charge on any atom is 0.387 e. The van der Waals surface area contributed by atoms with Crippen LogP contribution in [0.4, 0.5) is 8.78 Å². The molecule has 0 amide bonds. The van der Waals surface area contributed by atoms with Gasteiger partial charge in [0.2, 0.25) is 0 Å². The van der Waals surface area contributed by atoms with Crippen LogP contribution in [-0.2, 0) is 19.6 Å². The number of benzene rings is 2. The summed E-state index contributed by atoms with van der Waals surface area (Å²) in [6, 6.07) is 15.0. The van der Waals surface area contributed by atoms with Gasteiger partial charge in [0.15, 0.2) is 5.96 Å². The Morgan fingerprint density at radius 3 is 2.57 bits per heavy atom. The third-order valence-electron chi connectivity index (χ3n) is 4.35. The predicted molar refractivity (Wildman–Crippen MR) is 113 cm³/mol. The van der Waals surface area contributed by atoms with Crippen molar-refractivity contribution in [1.82, 2.24) is 20.2 Å². The molecule has 1 heterocycles. The van der Waals surface area contributed by atoms with Crippen LogP contribution in [0, 0.1) is 0 Å². The zero-order chi connectivity index (χ0) is 21.2. The summed E-state index contributed by atoms with van der Waals surface area (Å²) in [5, 5.41) is 6.33. The van der Waals surface area contributed by atoms with Crippen LogP contribution in [0.25, 0.3) is 0 Å². The van der Waals surface area contributed by atoms with E-state index in [9.17, 15) is 8.78 Å². The molecule has 0 saturated carbocycles. The minimum absolute atomic E-state index is 0.157. The van der Waals surface area contributed by atoms with Gasteiger partial charge in [-0.3, -0.25) is 0 Å². The SMILES string of the molecule is CCNC(=NCc1ccc(Cn2ccnc2)cc1)NCc1ccccc1OC(F)F. The number of hydrogen-bond donors (Lipinski definition) is 2. The van der Waals surface area contributed by atoms with Crippen LogP contribution < -0.4 is 15.4 Å². The van der Waals surface area contributed by atoms with E-state index >= 15 is 0 Å². The molecule has 0 bridgehead atoms. The molecular formula is C22H25F2N5O. The van der Waals surface area contributed by atoms with E-state index in [4.69, 9.17) is 0 Å². The number of halogens is 2. The van der Waals surface area contributed by atoms with Crippen LogP contribution in [-0.4, -0.2) is 28.7 Å². The van der Waals surface area contributed by atoms with E-state index in [1.54, 1.807) is 30.7 Å². The first-order valence-corrected chi connectivity index (χ1v) is 9.72. The third-order valence-corrected chi connectivity index (χ3v) is 4.35. The molecule has 0 aliphatic rings. The minimum Gasteiger partial charge on any atom is -0.434 e. The standard InChI is InChI=1S/C22H25F2N5O/c1-2-26-22(28-14-19-5-3-4-6-20(19)30-21(23)24)27-13-17-7-9-18(10-8-17)15-29-12-11-25-16-29/h3-12,16,21H,2,13-15H2,1H3,(H2,26,27,28). The normalized spacial score (nSPS) is 11.5. The maximum absolute atomic E-state index is 12.6. The molecule has 0 fully saturated rings. The second-order valence-electron chi connectivity index (χ2n) is 6.59. The predicted octanol–water partition coefficient (Wildman–Crippen LogP) is 3.79. The van der Waals surface area contributed by atoms with Gasteiger partial charge in [-0.25, -0.2) is 9.98 Å². The number of nitrogens with zero attached hydrogens (tertiary/aromatic N) is 3. The van der Waals surface area contributed by atoms with Gasteiger partial charge in [0.25, 0.3) is 0 Å². The van der Waals surface area contributed by atoms with Crippen molar-refractivity contribution in [1.29, 1.82) is 0 Å². The van der Waals surface area contributed by atoms with Crippen molar-refractivity contribution in [3.05, 3.63) is 83.9 Å². The summed E-state index contributed by atoms with van der Waals surface area (Å²) in [4.78, 5) is 8.63. The molecule has 2 aromatic carbocycles. The maximum atomic E-state index is 12.6. The van der Waals surface area contributed by atoms with E-state index in [1.807, 2.05) is 29.8 Å². The number of hydrogen-bond acceptors (Lipinski definition) is 3. The second-order valence-corrected chi connectivity index (χ2v) is 6.59. The fourth-order valence-electron chi connectivity index (χ4n) is 2.89. The van der Waals surface area contributed by atoms with Gasteiger partial charge in [-0.1, -0.05) is 42.5 Å². The molecule has 8 heteroatoms. The lowest BCUT2D eigenvalue weighted by atomic mass is 10.1. The lowest BCUT2D eigenvalue weighted by Crippen LogP contribution is -2.36. The van der Waals surface area contributed by atoms with Crippen LogP contribution >= 0.6 is 0 Å². The van der Waals surface area contributed by atoms with Crippen molar-refractivity contribution in [2.24, 2.45) is 4.99 Å². The highest BCUT2D eigenvalue weighted by atomic mass is 19.3. The van der Waals surface area contributed by atoms with Gasteiger partial charge >= 0.3 is 6.61 Å². The Morgan fingerprint density at radius 2 is 1.87 bits per heavy atom. The molecule has 1 aromatic heterocycles. The summed E-state index contributed by atoms with van der Waals surface area (Å²) in [5.74, 6) is 0.760. The third kappa shape index (κ3) is 6.58. The number of ether oxygens (including phenoxy) is 1. The summed E-state index contributed by atoms with van der Waals surface area (Å²) in [7, 11) is 0. The summed E-state index contributed by atoms with van der Waals surface area (Å²) >= 11 is 0. The number of para-hydroxylation sites is 1. The summed E-state index contributed by atoms with van der Waals surface area (Å²) < 4.78 is 31.7. The molecule has 30 heavy (non-hydrogen) atoms. The Bertz CT molecular complexity index is 927. The summed E-state index contributed by atoms with van der Waals surface area (Å²) in [6.45, 7) is 1.38. The molecule has 3 rings (SSSR count). The Kier molecular flexibility index (Phi) is 7.77. The van der Waals surface area contributed by atoms with Crippen LogP contribution in [0.15, 0.2) is 72.2 Å². The minimum atomic E-state index is -2.86.